The van der Waals surface area contributed by atoms with Crippen LogP contribution in [0.3, 0.4) is 0 Å². The van der Waals surface area contributed by atoms with Crippen LogP contribution in [0.4, 0.5) is 4.39 Å². The largest absolute Gasteiger partial charge is 0.354 e. The van der Waals surface area contributed by atoms with Gasteiger partial charge in [0.2, 0.25) is 5.91 Å². The number of benzene rings is 2. The minimum atomic E-state index is -0.437. The summed E-state index contributed by atoms with van der Waals surface area (Å²) in [4.78, 5) is 29.3. The van der Waals surface area contributed by atoms with Gasteiger partial charge < -0.3 is 15.2 Å². The van der Waals surface area contributed by atoms with Crippen LogP contribution in [0.5, 0.6) is 0 Å². The van der Waals surface area contributed by atoms with Gasteiger partial charge in [0.15, 0.2) is 0 Å². The summed E-state index contributed by atoms with van der Waals surface area (Å²) < 4.78 is 14.0. The maximum Gasteiger partial charge on any atom is 0.252 e. The Balaban J connectivity index is 1.68. The number of halogens is 1. The molecule has 0 aliphatic carbocycles. The zero-order valence-electron chi connectivity index (χ0n) is 16.1. The summed E-state index contributed by atoms with van der Waals surface area (Å²) in [5.74, 6) is -0.0890. The summed E-state index contributed by atoms with van der Waals surface area (Å²) >= 11 is 4.11. The Bertz CT molecular complexity index is 1090. The van der Waals surface area contributed by atoms with Gasteiger partial charge in [-0.25, -0.2) is 4.39 Å². The SMILES string of the molecule is CN(Cc1ccc(-c2[nH]c3cc(F)cc4c3c2CCNC4=O)cc1)C(=O)CCS. The minimum Gasteiger partial charge on any atom is -0.354 e. The van der Waals surface area contributed by atoms with Crippen molar-refractivity contribution in [1.82, 2.24) is 15.2 Å². The van der Waals surface area contributed by atoms with E-state index in [2.05, 4.69) is 22.9 Å². The van der Waals surface area contributed by atoms with E-state index in [-0.39, 0.29) is 11.8 Å². The lowest BCUT2D eigenvalue weighted by Gasteiger charge is -2.17. The van der Waals surface area contributed by atoms with Crippen molar-refractivity contribution in [1.29, 1.82) is 0 Å². The summed E-state index contributed by atoms with van der Waals surface area (Å²) in [7, 11) is 1.78. The lowest BCUT2D eigenvalue weighted by atomic mass is 9.99. The van der Waals surface area contributed by atoms with Crippen LogP contribution < -0.4 is 5.32 Å². The molecule has 1 aliphatic rings. The van der Waals surface area contributed by atoms with Crippen LogP contribution in [0.25, 0.3) is 22.2 Å². The second-order valence-corrected chi connectivity index (χ2v) is 7.73. The fourth-order valence-electron chi connectivity index (χ4n) is 3.86. The summed E-state index contributed by atoms with van der Waals surface area (Å²) in [6.07, 6.45) is 1.09. The van der Waals surface area contributed by atoms with E-state index in [4.69, 9.17) is 0 Å². The molecule has 5 nitrogen and oxygen atoms in total. The molecule has 0 unspecified atom stereocenters. The third kappa shape index (κ3) is 3.74. The van der Waals surface area contributed by atoms with Crippen molar-refractivity contribution in [2.24, 2.45) is 0 Å². The van der Waals surface area contributed by atoms with Gasteiger partial charge in [0.25, 0.3) is 5.91 Å². The molecule has 2 amide bonds. The average Bonchev–Trinajstić information content (AvgIpc) is 2.97. The highest BCUT2D eigenvalue weighted by Gasteiger charge is 2.23. The maximum atomic E-state index is 14.0. The highest BCUT2D eigenvalue weighted by Crippen LogP contribution is 2.34. The second-order valence-electron chi connectivity index (χ2n) is 7.28. The third-order valence-corrected chi connectivity index (χ3v) is 5.51. The van der Waals surface area contributed by atoms with E-state index in [0.717, 1.165) is 27.8 Å². The van der Waals surface area contributed by atoms with E-state index in [0.29, 0.717) is 42.8 Å². The number of amides is 2. The Morgan fingerprint density at radius 3 is 2.72 bits per heavy atom. The standard InChI is InChI=1S/C22H22FN3O2S/c1-26(19(27)7-9-29)12-13-2-4-14(5-3-13)21-16-6-8-24-22(28)17-10-15(23)11-18(25-21)20(16)17/h2-5,10-11,25,29H,6-9,12H2,1H3,(H,24,28). The zero-order chi connectivity index (χ0) is 20.5. The summed E-state index contributed by atoms with van der Waals surface area (Å²) in [6, 6.07) is 10.7. The number of carbonyl (C=O) groups excluding carboxylic acids is 2. The first-order chi connectivity index (χ1) is 14.0. The van der Waals surface area contributed by atoms with Gasteiger partial charge >= 0.3 is 0 Å². The molecule has 29 heavy (non-hydrogen) atoms. The van der Waals surface area contributed by atoms with Gasteiger partial charge in [-0.15, -0.1) is 0 Å². The van der Waals surface area contributed by atoms with E-state index in [1.54, 1.807) is 11.9 Å². The van der Waals surface area contributed by atoms with E-state index in [1.165, 1.54) is 12.1 Å². The van der Waals surface area contributed by atoms with Crippen molar-refractivity contribution >= 4 is 35.3 Å². The molecule has 3 aromatic rings. The number of nitrogens with zero attached hydrogens (tertiary/aromatic N) is 1. The molecule has 0 saturated heterocycles. The number of hydrogen-bond donors (Lipinski definition) is 3. The summed E-state index contributed by atoms with van der Waals surface area (Å²) in [5.41, 5.74) is 4.90. The molecule has 0 radical (unpaired) electrons. The first-order valence-corrected chi connectivity index (χ1v) is 10.2. The molecule has 2 N–H and O–H groups in total. The number of hydrogen-bond acceptors (Lipinski definition) is 3. The Hall–Kier alpha value is -2.80. The number of thiol groups is 1. The van der Waals surface area contributed by atoms with Crippen molar-refractivity contribution in [3.05, 3.63) is 58.9 Å². The normalized spacial score (nSPS) is 13.3. The van der Waals surface area contributed by atoms with Crippen molar-refractivity contribution in [2.75, 3.05) is 19.3 Å². The summed E-state index contributed by atoms with van der Waals surface area (Å²) in [6.45, 7) is 1.03. The fourth-order valence-corrected chi connectivity index (χ4v) is 4.05. The second kappa shape index (κ2) is 7.91. The summed E-state index contributed by atoms with van der Waals surface area (Å²) in [5, 5.41) is 3.62. The molecule has 0 atom stereocenters. The number of rotatable bonds is 5. The van der Waals surface area contributed by atoms with E-state index >= 15 is 0 Å². The van der Waals surface area contributed by atoms with Crippen LogP contribution in [-0.4, -0.2) is 41.0 Å². The lowest BCUT2D eigenvalue weighted by Crippen LogP contribution is -2.26. The quantitative estimate of drug-likeness (QED) is 0.563. The molecular formula is C22H22FN3O2S. The molecule has 7 heteroatoms. The van der Waals surface area contributed by atoms with Crippen LogP contribution in [0.15, 0.2) is 36.4 Å². The van der Waals surface area contributed by atoms with Gasteiger partial charge in [-0.2, -0.15) is 12.6 Å². The maximum absolute atomic E-state index is 14.0. The van der Waals surface area contributed by atoms with Crippen molar-refractivity contribution < 1.29 is 14.0 Å². The number of nitrogens with one attached hydrogen (secondary N) is 2. The van der Waals surface area contributed by atoms with Gasteiger partial charge in [-0.05, 0) is 41.0 Å². The highest BCUT2D eigenvalue weighted by molar-refractivity contribution is 7.80. The number of H-pyrrole nitrogens is 1. The molecule has 0 fully saturated rings. The Labute approximate surface area is 173 Å². The minimum absolute atomic E-state index is 0.0621. The molecule has 150 valence electrons. The van der Waals surface area contributed by atoms with Crippen LogP contribution in [-0.2, 0) is 17.8 Å². The Morgan fingerprint density at radius 1 is 1.24 bits per heavy atom. The van der Waals surface area contributed by atoms with Crippen LogP contribution in [0, 0.1) is 5.82 Å². The predicted molar refractivity (Wildman–Crippen MR) is 115 cm³/mol. The topological polar surface area (TPSA) is 65.2 Å². The fraction of sp³-hybridized carbons (Fsp3) is 0.273. The third-order valence-electron chi connectivity index (χ3n) is 5.29. The molecule has 0 bridgehead atoms. The van der Waals surface area contributed by atoms with Crippen LogP contribution in [0.1, 0.15) is 27.9 Å². The smallest absolute Gasteiger partial charge is 0.252 e. The number of aromatic nitrogens is 1. The highest BCUT2D eigenvalue weighted by atomic mass is 32.1. The van der Waals surface area contributed by atoms with E-state index < -0.39 is 5.82 Å². The van der Waals surface area contributed by atoms with Gasteiger partial charge in [-0.3, -0.25) is 9.59 Å². The molecule has 4 rings (SSSR count). The molecule has 1 aliphatic heterocycles. The van der Waals surface area contributed by atoms with Crippen LogP contribution in [0.2, 0.25) is 0 Å². The molecule has 2 aromatic carbocycles. The molecule has 2 heterocycles. The first kappa shape index (κ1) is 19.5. The van der Waals surface area contributed by atoms with Crippen molar-refractivity contribution in [3.8, 4) is 11.3 Å². The van der Waals surface area contributed by atoms with Gasteiger partial charge in [0.1, 0.15) is 5.82 Å². The molecule has 0 saturated carbocycles. The Morgan fingerprint density at radius 2 is 2.00 bits per heavy atom. The number of carbonyl (C=O) groups is 2. The van der Waals surface area contributed by atoms with Gasteiger partial charge in [0.05, 0.1) is 5.56 Å². The predicted octanol–water partition coefficient (Wildman–Crippen LogP) is 3.54. The Kier molecular flexibility index (Phi) is 5.32. The number of aromatic amines is 1. The molecule has 1 aromatic heterocycles. The van der Waals surface area contributed by atoms with Crippen molar-refractivity contribution in [2.45, 2.75) is 19.4 Å². The van der Waals surface area contributed by atoms with E-state index in [1.807, 2.05) is 24.3 Å². The first-order valence-electron chi connectivity index (χ1n) is 9.54. The van der Waals surface area contributed by atoms with Crippen molar-refractivity contribution in [3.63, 3.8) is 0 Å². The zero-order valence-corrected chi connectivity index (χ0v) is 17.0. The molecular weight excluding hydrogens is 389 g/mol. The molecule has 0 spiro atoms. The van der Waals surface area contributed by atoms with Gasteiger partial charge in [0, 0.05) is 43.2 Å². The average molecular weight is 412 g/mol. The van der Waals surface area contributed by atoms with E-state index in [9.17, 15) is 14.0 Å². The van der Waals surface area contributed by atoms with Gasteiger partial charge in [-0.1, -0.05) is 24.3 Å². The van der Waals surface area contributed by atoms with Crippen LogP contribution >= 0.6 is 12.6 Å². The monoisotopic (exact) mass is 411 g/mol. The lowest BCUT2D eigenvalue weighted by molar-refractivity contribution is -0.129.